The topological polar surface area (TPSA) is 44.8 Å². The standard InChI is InChI=1S/C24H30ClN3O2/c25-21-11-5-4-10-20(21)22(28-12-6-7-13-28)16-26-24(29)18-27-14-15-30-23(17-27)19-8-2-1-3-9-19/h1-5,8-11,22-23H,6-7,12-18H2,(H,26,29). The molecule has 160 valence electrons. The van der Waals surface area contributed by atoms with E-state index in [2.05, 4.69) is 33.3 Å². The zero-order valence-electron chi connectivity index (χ0n) is 17.3. The van der Waals surface area contributed by atoms with Crippen LogP contribution in [0.2, 0.25) is 5.02 Å². The summed E-state index contributed by atoms with van der Waals surface area (Å²) in [5.74, 6) is 0.0555. The second-order valence-electron chi connectivity index (χ2n) is 8.09. The molecule has 6 heteroatoms. The molecule has 4 rings (SSSR count). The summed E-state index contributed by atoms with van der Waals surface area (Å²) in [7, 11) is 0. The number of ether oxygens (including phenoxy) is 1. The van der Waals surface area contributed by atoms with Gasteiger partial charge in [-0.3, -0.25) is 14.6 Å². The fourth-order valence-electron chi connectivity index (χ4n) is 4.42. The number of carbonyl (C=O) groups excluding carboxylic acids is 1. The van der Waals surface area contributed by atoms with Crippen LogP contribution in [0.4, 0.5) is 0 Å². The number of amides is 1. The predicted molar refractivity (Wildman–Crippen MR) is 120 cm³/mol. The summed E-state index contributed by atoms with van der Waals surface area (Å²) in [6.45, 7) is 5.22. The van der Waals surface area contributed by atoms with Gasteiger partial charge in [0, 0.05) is 24.7 Å². The Bertz CT molecular complexity index is 826. The van der Waals surface area contributed by atoms with Crippen LogP contribution in [-0.4, -0.2) is 61.6 Å². The van der Waals surface area contributed by atoms with Crippen molar-refractivity contribution in [2.45, 2.75) is 25.0 Å². The molecule has 2 aromatic carbocycles. The molecule has 1 amide bonds. The first kappa shape index (κ1) is 21.3. The third kappa shape index (κ3) is 5.41. The number of carbonyl (C=O) groups is 1. The maximum absolute atomic E-state index is 12.7. The van der Waals surface area contributed by atoms with Gasteiger partial charge in [-0.2, -0.15) is 0 Å². The van der Waals surface area contributed by atoms with E-state index in [1.807, 2.05) is 36.4 Å². The highest BCUT2D eigenvalue weighted by atomic mass is 35.5. The predicted octanol–water partition coefficient (Wildman–Crippen LogP) is 3.67. The van der Waals surface area contributed by atoms with E-state index in [4.69, 9.17) is 16.3 Å². The van der Waals surface area contributed by atoms with Gasteiger partial charge < -0.3 is 10.1 Å². The lowest BCUT2D eigenvalue weighted by atomic mass is 10.1. The molecule has 30 heavy (non-hydrogen) atoms. The van der Waals surface area contributed by atoms with Crippen molar-refractivity contribution in [3.8, 4) is 0 Å². The first-order valence-corrected chi connectivity index (χ1v) is 11.2. The summed E-state index contributed by atoms with van der Waals surface area (Å²) < 4.78 is 5.92. The molecule has 5 nitrogen and oxygen atoms in total. The van der Waals surface area contributed by atoms with Crippen LogP contribution in [0.25, 0.3) is 0 Å². The smallest absolute Gasteiger partial charge is 0.234 e. The van der Waals surface area contributed by atoms with Crippen LogP contribution < -0.4 is 5.32 Å². The molecule has 2 unspecified atom stereocenters. The number of morpholine rings is 1. The average molecular weight is 428 g/mol. The van der Waals surface area contributed by atoms with Crippen molar-refractivity contribution < 1.29 is 9.53 Å². The van der Waals surface area contributed by atoms with Gasteiger partial charge in [0.1, 0.15) is 0 Å². The Balaban J connectivity index is 1.34. The SMILES string of the molecule is O=C(CN1CCOC(c2ccccc2)C1)NCC(c1ccccc1Cl)N1CCCC1. The van der Waals surface area contributed by atoms with Crippen LogP contribution >= 0.6 is 11.6 Å². The fourth-order valence-corrected chi connectivity index (χ4v) is 4.68. The number of nitrogens with one attached hydrogen (secondary N) is 1. The summed E-state index contributed by atoms with van der Waals surface area (Å²) in [4.78, 5) is 17.4. The van der Waals surface area contributed by atoms with Crippen molar-refractivity contribution in [3.63, 3.8) is 0 Å². The summed E-state index contributed by atoms with van der Waals surface area (Å²) in [6, 6.07) is 18.3. The minimum absolute atomic E-state index is 0.0215. The molecule has 2 aliphatic heterocycles. The third-order valence-corrected chi connectivity index (χ3v) is 6.37. The van der Waals surface area contributed by atoms with E-state index in [1.165, 1.54) is 12.8 Å². The van der Waals surface area contributed by atoms with E-state index in [1.54, 1.807) is 0 Å². The largest absolute Gasteiger partial charge is 0.371 e. The summed E-state index contributed by atoms with van der Waals surface area (Å²) >= 11 is 6.48. The minimum Gasteiger partial charge on any atom is -0.371 e. The van der Waals surface area contributed by atoms with Crippen LogP contribution in [0.1, 0.15) is 36.1 Å². The van der Waals surface area contributed by atoms with Crippen LogP contribution in [0.3, 0.4) is 0 Å². The van der Waals surface area contributed by atoms with Crippen molar-refractivity contribution >= 4 is 17.5 Å². The van der Waals surface area contributed by atoms with Gasteiger partial charge in [0.05, 0.1) is 25.3 Å². The molecule has 1 N–H and O–H groups in total. The van der Waals surface area contributed by atoms with Gasteiger partial charge in [0.2, 0.25) is 5.91 Å². The van der Waals surface area contributed by atoms with E-state index in [-0.39, 0.29) is 18.1 Å². The summed E-state index contributed by atoms with van der Waals surface area (Å²) in [6.07, 6.45) is 2.42. The Morgan fingerprint density at radius 2 is 1.80 bits per heavy atom. The van der Waals surface area contributed by atoms with E-state index >= 15 is 0 Å². The zero-order valence-corrected chi connectivity index (χ0v) is 18.1. The summed E-state index contributed by atoms with van der Waals surface area (Å²) in [5.41, 5.74) is 2.26. The number of likely N-dealkylation sites (tertiary alicyclic amines) is 1. The van der Waals surface area contributed by atoms with Crippen LogP contribution in [-0.2, 0) is 9.53 Å². The van der Waals surface area contributed by atoms with Gasteiger partial charge in [-0.15, -0.1) is 0 Å². The fraction of sp³-hybridized carbons (Fsp3) is 0.458. The van der Waals surface area contributed by atoms with Gasteiger partial charge in [0.15, 0.2) is 0 Å². The zero-order chi connectivity index (χ0) is 20.8. The van der Waals surface area contributed by atoms with Crippen molar-refractivity contribution in [2.75, 3.05) is 45.9 Å². The van der Waals surface area contributed by atoms with E-state index in [9.17, 15) is 4.79 Å². The molecule has 2 aliphatic rings. The molecule has 2 atom stereocenters. The monoisotopic (exact) mass is 427 g/mol. The molecule has 2 heterocycles. The highest BCUT2D eigenvalue weighted by Gasteiger charge is 2.27. The Morgan fingerprint density at radius 1 is 1.07 bits per heavy atom. The minimum atomic E-state index is 0.0215. The van der Waals surface area contributed by atoms with E-state index in [0.717, 1.165) is 42.3 Å². The van der Waals surface area contributed by atoms with Gasteiger partial charge in [-0.25, -0.2) is 0 Å². The van der Waals surface area contributed by atoms with Crippen molar-refractivity contribution in [3.05, 3.63) is 70.7 Å². The lowest BCUT2D eigenvalue weighted by Gasteiger charge is -2.33. The number of halogens is 1. The first-order valence-electron chi connectivity index (χ1n) is 10.8. The van der Waals surface area contributed by atoms with Gasteiger partial charge in [-0.1, -0.05) is 60.1 Å². The maximum Gasteiger partial charge on any atom is 0.234 e. The van der Waals surface area contributed by atoms with Gasteiger partial charge in [0.25, 0.3) is 0 Å². The highest BCUT2D eigenvalue weighted by Crippen LogP contribution is 2.29. The number of benzene rings is 2. The van der Waals surface area contributed by atoms with E-state index < -0.39 is 0 Å². The molecule has 0 spiro atoms. The van der Waals surface area contributed by atoms with Crippen molar-refractivity contribution in [1.29, 1.82) is 0 Å². The Hall–Kier alpha value is -1.92. The Kier molecular flexibility index (Phi) is 7.39. The highest BCUT2D eigenvalue weighted by molar-refractivity contribution is 6.31. The van der Waals surface area contributed by atoms with Crippen LogP contribution in [0.15, 0.2) is 54.6 Å². The molecule has 0 bridgehead atoms. The Labute approximate surface area is 184 Å². The van der Waals surface area contributed by atoms with Gasteiger partial charge in [-0.05, 0) is 43.1 Å². The average Bonchev–Trinajstić information content (AvgIpc) is 3.30. The normalized spacial score (nSPS) is 21.4. The quantitative estimate of drug-likeness (QED) is 0.732. The second-order valence-corrected chi connectivity index (χ2v) is 8.50. The first-order chi connectivity index (χ1) is 14.7. The van der Waals surface area contributed by atoms with Crippen LogP contribution in [0.5, 0.6) is 0 Å². The maximum atomic E-state index is 12.7. The van der Waals surface area contributed by atoms with Crippen LogP contribution in [0, 0.1) is 0 Å². The molecule has 0 aromatic heterocycles. The lowest BCUT2D eigenvalue weighted by molar-refractivity contribution is -0.124. The number of hydrogen-bond donors (Lipinski definition) is 1. The molecule has 2 aromatic rings. The number of nitrogens with zero attached hydrogens (tertiary/aromatic N) is 2. The van der Waals surface area contributed by atoms with Gasteiger partial charge >= 0.3 is 0 Å². The van der Waals surface area contributed by atoms with Crippen molar-refractivity contribution in [1.82, 2.24) is 15.1 Å². The molecule has 2 fully saturated rings. The van der Waals surface area contributed by atoms with Crippen molar-refractivity contribution in [2.24, 2.45) is 0 Å². The molecule has 0 saturated carbocycles. The van der Waals surface area contributed by atoms with E-state index in [0.29, 0.717) is 19.7 Å². The number of hydrogen-bond acceptors (Lipinski definition) is 4. The second kappa shape index (κ2) is 10.4. The molecule has 0 aliphatic carbocycles. The molecule has 0 radical (unpaired) electrons. The molecular weight excluding hydrogens is 398 g/mol. The molecule has 2 saturated heterocycles. The lowest BCUT2D eigenvalue weighted by Crippen LogP contribution is -2.45. The Morgan fingerprint density at radius 3 is 2.57 bits per heavy atom. The number of rotatable bonds is 7. The summed E-state index contributed by atoms with van der Waals surface area (Å²) in [5, 5.41) is 3.93. The molecular formula is C24H30ClN3O2. The third-order valence-electron chi connectivity index (χ3n) is 6.03.